The van der Waals surface area contributed by atoms with Gasteiger partial charge in [0.2, 0.25) is 0 Å². The van der Waals surface area contributed by atoms with Gasteiger partial charge in [-0.2, -0.15) is 0 Å². The van der Waals surface area contributed by atoms with Crippen molar-refractivity contribution in [3.05, 3.63) is 28.2 Å². The molecule has 0 aliphatic carbocycles. The molecule has 0 unspecified atom stereocenters. The van der Waals surface area contributed by atoms with Crippen LogP contribution in [0.3, 0.4) is 0 Å². The molecule has 0 atom stereocenters. The minimum atomic E-state index is 0. The van der Waals surface area contributed by atoms with E-state index in [1.54, 1.807) is 7.11 Å². The van der Waals surface area contributed by atoms with Gasteiger partial charge < -0.3 is 20.5 Å². The molecule has 20 heavy (non-hydrogen) atoms. The molecule has 3 N–H and O–H groups in total. The number of benzene rings is 1. The van der Waals surface area contributed by atoms with Gasteiger partial charge in [0.25, 0.3) is 0 Å². The summed E-state index contributed by atoms with van der Waals surface area (Å²) in [6.45, 7) is 3.52. The Morgan fingerprint density at radius 1 is 1.15 bits per heavy atom. The summed E-state index contributed by atoms with van der Waals surface area (Å²) in [4.78, 5) is 0. The Morgan fingerprint density at radius 3 is 2.50 bits per heavy atom. The van der Waals surface area contributed by atoms with Gasteiger partial charge in [0.1, 0.15) is 5.75 Å². The van der Waals surface area contributed by atoms with E-state index >= 15 is 0 Å². The van der Waals surface area contributed by atoms with E-state index in [4.69, 9.17) is 9.84 Å². The number of methoxy groups -OCH3 is 1. The van der Waals surface area contributed by atoms with Crippen LogP contribution in [-0.2, 0) is 6.54 Å². The summed E-state index contributed by atoms with van der Waals surface area (Å²) >= 11 is 3.46. The van der Waals surface area contributed by atoms with E-state index in [0.717, 1.165) is 41.8 Å². The highest BCUT2D eigenvalue weighted by Crippen LogP contribution is 2.22. The van der Waals surface area contributed by atoms with Crippen molar-refractivity contribution in [3.8, 4) is 5.75 Å². The first-order chi connectivity index (χ1) is 8.77. The molecule has 0 radical (unpaired) electrons. The fourth-order valence-corrected chi connectivity index (χ4v) is 2.06. The topological polar surface area (TPSA) is 53.5 Å². The van der Waals surface area contributed by atoms with Crippen molar-refractivity contribution in [1.29, 1.82) is 0 Å². The number of rotatable bonds is 9. The lowest BCUT2D eigenvalue weighted by Crippen LogP contribution is -2.24. The first-order valence-corrected chi connectivity index (χ1v) is 6.92. The fraction of sp³-hybridized carbons (Fsp3) is 0.538. The maximum atomic E-state index is 8.60. The van der Waals surface area contributed by atoms with Crippen LogP contribution in [0.15, 0.2) is 22.7 Å². The molecular weight excluding hydrogens is 367 g/mol. The lowest BCUT2D eigenvalue weighted by molar-refractivity contribution is 0.292. The number of aliphatic hydroxyl groups excluding tert-OH is 1. The maximum absolute atomic E-state index is 8.60. The van der Waals surface area contributed by atoms with Gasteiger partial charge in [-0.25, -0.2) is 0 Å². The Hall–Kier alpha value is -0.0400. The van der Waals surface area contributed by atoms with Crippen molar-refractivity contribution in [2.45, 2.75) is 13.0 Å². The van der Waals surface area contributed by atoms with Crippen LogP contribution in [0.25, 0.3) is 0 Å². The molecule has 1 aromatic carbocycles. The van der Waals surface area contributed by atoms with Crippen LogP contribution in [0.2, 0.25) is 0 Å². The van der Waals surface area contributed by atoms with Gasteiger partial charge in [0.15, 0.2) is 0 Å². The van der Waals surface area contributed by atoms with Crippen LogP contribution < -0.4 is 15.4 Å². The monoisotopic (exact) mass is 388 g/mol. The molecule has 0 heterocycles. The van der Waals surface area contributed by atoms with Crippen LogP contribution in [0, 0.1) is 0 Å². The predicted molar refractivity (Wildman–Crippen MR) is 91.5 cm³/mol. The molecule has 118 valence electrons. The molecular formula is C13H23BrCl2N2O2. The summed E-state index contributed by atoms with van der Waals surface area (Å²) in [5.74, 6) is 0.907. The van der Waals surface area contributed by atoms with Gasteiger partial charge in [-0.1, -0.05) is 15.9 Å². The van der Waals surface area contributed by atoms with Crippen LogP contribution in [0.5, 0.6) is 5.75 Å². The normalized spacial score (nSPS) is 9.55. The summed E-state index contributed by atoms with van der Waals surface area (Å²) in [5.41, 5.74) is 1.15. The molecule has 0 bridgehead atoms. The zero-order valence-corrected chi connectivity index (χ0v) is 14.7. The van der Waals surface area contributed by atoms with E-state index in [2.05, 4.69) is 32.6 Å². The molecule has 4 nitrogen and oxygen atoms in total. The molecule has 7 heteroatoms. The molecule has 0 saturated heterocycles. The smallest absolute Gasteiger partial charge is 0.123 e. The van der Waals surface area contributed by atoms with Crippen molar-refractivity contribution >= 4 is 40.7 Å². The van der Waals surface area contributed by atoms with Gasteiger partial charge in [-0.15, -0.1) is 24.8 Å². The first kappa shape index (κ1) is 22.2. The number of nitrogens with one attached hydrogen (secondary N) is 2. The lowest BCUT2D eigenvalue weighted by atomic mass is 10.2. The molecule has 0 aliphatic heterocycles. The standard InChI is InChI=1S/C13H21BrN2O2.2ClH/c1-18-13-4-3-12(14)9-11(13)10-16-6-2-5-15-7-8-17;;/h3-4,9,15-17H,2,5-8,10H2,1H3;2*1H. The molecule has 0 fully saturated rings. The highest BCUT2D eigenvalue weighted by Gasteiger charge is 2.02. The molecule has 0 amide bonds. The van der Waals surface area contributed by atoms with Gasteiger partial charge in [-0.05, 0) is 37.7 Å². The van der Waals surface area contributed by atoms with Crippen LogP contribution in [-0.4, -0.2) is 38.5 Å². The number of ether oxygens (including phenoxy) is 1. The SMILES string of the molecule is COc1ccc(Br)cc1CNCCCNCCO.Cl.Cl. The average molecular weight is 390 g/mol. The average Bonchev–Trinajstić information content (AvgIpc) is 2.38. The van der Waals surface area contributed by atoms with Gasteiger partial charge in [0.05, 0.1) is 13.7 Å². The molecule has 0 aromatic heterocycles. The Kier molecular flexibility index (Phi) is 15.5. The number of hydrogen-bond acceptors (Lipinski definition) is 4. The highest BCUT2D eigenvalue weighted by molar-refractivity contribution is 9.10. The molecule has 0 aliphatic rings. The van der Waals surface area contributed by atoms with E-state index in [9.17, 15) is 0 Å². The van der Waals surface area contributed by atoms with E-state index in [1.165, 1.54) is 0 Å². The predicted octanol–water partition coefficient (Wildman–Crippen LogP) is 2.36. The lowest BCUT2D eigenvalue weighted by Gasteiger charge is -2.10. The first-order valence-electron chi connectivity index (χ1n) is 6.12. The second-order valence-electron chi connectivity index (χ2n) is 3.96. The van der Waals surface area contributed by atoms with E-state index < -0.39 is 0 Å². The summed E-state index contributed by atoms with van der Waals surface area (Å²) < 4.78 is 6.37. The van der Waals surface area contributed by atoms with Crippen molar-refractivity contribution in [2.75, 3.05) is 33.4 Å². The quantitative estimate of drug-likeness (QED) is 0.567. The summed E-state index contributed by atoms with van der Waals surface area (Å²) in [6, 6.07) is 6.00. The molecule has 0 spiro atoms. The van der Waals surface area contributed by atoms with E-state index in [0.29, 0.717) is 6.54 Å². The molecule has 0 saturated carbocycles. The Bertz CT molecular complexity index is 357. The summed E-state index contributed by atoms with van der Waals surface area (Å²) in [5, 5.41) is 15.1. The Morgan fingerprint density at radius 2 is 1.85 bits per heavy atom. The van der Waals surface area contributed by atoms with E-state index in [1.807, 2.05) is 12.1 Å². The second kappa shape index (κ2) is 13.9. The zero-order chi connectivity index (χ0) is 13.2. The van der Waals surface area contributed by atoms with Crippen LogP contribution in [0.1, 0.15) is 12.0 Å². The van der Waals surface area contributed by atoms with Gasteiger partial charge >= 0.3 is 0 Å². The van der Waals surface area contributed by atoms with Crippen molar-refractivity contribution in [3.63, 3.8) is 0 Å². The molecule has 1 aromatic rings. The van der Waals surface area contributed by atoms with Gasteiger partial charge in [0, 0.05) is 23.1 Å². The Balaban J connectivity index is 0. The summed E-state index contributed by atoms with van der Waals surface area (Å²) in [7, 11) is 1.69. The van der Waals surface area contributed by atoms with Crippen LogP contribution in [0.4, 0.5) is 0 Å². The summed E-state index contributed by atoms with van der Waals surface area (Å²) in [6.07, 6.45) is 1.04. The van der Waals surface area contributed by atoms with Crippen molar-refractivity contribution < 1.29 is 9.84 Å². The van der Waals surface area contributed by atoms with Crippen molar-refractivity contribution in [2.24, 2.45) is 0 Å². The number of hydrogen-bond donors (Lipinski definition) is 3. The zero-order valence-electron chi connectivity index (χ0n) is 11.5. The third kappa shape index (κ3) is 9.00. The third-order valence-electron chi connectivity index (χ3n) is 2.55. The second-order valence-corrected chi connectivity index (χ2v) is 4.88. The minimum absolute atomic E-state index is 0. The van der Waals surface area contributed by atoms with E-state index in [-0.39, 0.29) is 31.4 Å². The fourth-order valence-electron chi connectivity index (χ4n) is 1.65. The maximum Gasteiger partial charge on any atom is 0.123 e. The van der Waals surface area contributed by atoms with Gasteiger partial charge in [-0.3, -0.25) is 0 Å². The number of aliphatic hydroxyl groups is 1. The van der Waals surface area contributed by atoms with Crippen molar-refractivity contribution in [1.82, 2.24) is 10.6 Å². The van der Waals surface area contributed by atoms with Crippen LogP contribution >= 0.6 is 40.7 Å². The molecule has 1 rings (SSSR count). The largest absolute Gasteiger partial charge is 0.496 e. The number of halogens is 3. The highest BCUT2D eigenvalue weighted by atomic mass is 79.9. The Labute approximate surface area is 141 Å². The third-order valence-corrected chi connectivity index (χ3v) is 3.05. The minimum Gasteiger partial charge on any atom is -0.496 e.